The van der Waals surface area contributed by atoms with Crippen molar-refractivity contribution < 1.29 is 4.79 Å². The summed E-state index contributed by atoms with van der Waals surface area (Å²) < 4.78 is 1.98. The van der Waals surface area contributed by atoms with Gasteiger partial charge in [-0.15, -0.1) is 21.5 Å². The Morgan fingerprint density at radius 3 is 2.70 bits per heavy atom. The van der Waals surface area contributed by atoms with Gasteiger partial charge in [0.2, 0.25) is 5.91 Å². The number of rotatable bonds is 7. The van der Waals surface area contributed by atoms with Crippen molar-refractivity contribution in [2.75, 3.05) is 0 Å². The van der Waals surface area contributed by atoms with Gasteiger partial charge in [0.25, 0.3) is 0 Å². The standard InChI is InChI=1S/C16H16N4OS2/c17-14(21)8-9-20-15(13-7-4-10-22-13)18-19-16(20)23-11-12-5-2-1-3-6-12/h1-7,10H,8-9,11H2,(H2,17,21). The number of primary amides is 1. The molecule has 2 aromatic heterocycles. The first-order valence-electron chi connectivity index (χ1n) is 7.16. The fourth-order valence-electron chi connectivity index (χ4n) is 2.13. The van der Waals surface area contributed by atoms with Crippen molar-refractivity contribution >= 4 is 29.0 Å². The summed E-state index contributed by atoms with van der Waals surface area (Å²) in [5.41, 5.74) is 6.52. The number of nitrogens with zero attached hydrogens (tertiary/aromatic N) is 3. The Labute approximate surface area is 142 Å². The molecule has 23 heavy (non-hydrogen) atoms. The molecular formula is C16H16N4OS2. The number of benzene rings is 1. The molecule has 0 aliphatic heterocycles. The number of carbonyl (C=O) groups is 1. The molecular weight excluding hydrogens is 328 g/mol. The molecule has 2 heterocycles. The molecule has 3 rings (SSSR count). The Morgan fingerprint density at radius 1 is 1.17 bits per heavy atom. The van der Waals surface area contributed by atoms with Crippen LogP contribution >= 0.6 is 23.1 Å². The van der Waals surface area contributed by atoms with Crippen LogP contribution in [0.25, 0.3) is 10.7 Å². The van der Waals surface area contributed by atoms with Gasteiger partial charge in [-0.2, -0.15) is 0 Å². The summed E-state index contributed by atoms with van der Waals surface area (Å²) >= 11 is 3.22. The Balaban J connectivity index is 1.82. The maximum Gasteiger partial charge on any atom is 0.219 e. The van der Waals surface area contributed by atoms with Crippen LogP contribution in [-0.2, 0) is 17.1 Å². The molecule has 0 radical (unpaired) electrons. The van der Waals surface area contributed by atoms with Crippen LogP contribution in [0.5, 0.6) is 0 Å². The number of amides is 1. The molecule has 1 aromatic carbocycles. The summed E-state index contributed by atoms with van der Waals surface area (Å²) in [6.07, 6.45) is 0.273. The first-order valence-corrected chi connectivity index (χ1v) is 9.02. The molecule has 118 valence electrons. The van der Waals surface area contributed by atoms with Gasteiger partial charge in [-0.25, -0.2) is 0 Å². The number of hydrogen-bond acceptors (Lipinski definition) is 5. The Kier molecular flexibility index (Phi) is 5.09. The molecule has 3 aromatic rings. The molecule has 1 amide bonds. The van der Waals surface area contributed by atoms with E-state index in [4.69, 9.17) is 5.73 Å². The van der Waals surface area contributed by atoms with Crippen LogP contribution in [0.4, 0.5) is 0 Å². The van der Waals surface area contributed by atoms with E-state index in [1.807, 2.05) is 40.3 Å². The highest BCUT2D eigenvalue weighted by Crippen LogP contribution is 2.28. The van der Waals surface area contributed by atoms with Gasteiger partial charge in [0.1, 0.15) is 0 Å². The van der Waals surface area contributed by atoms with E-state index in [0.29, 0.717) is 6.54 Å². The maximum absolute atomic E-state index is 11.1. The minimum Gasteiger partial charge on any atom is -0.370 e. The van der Waals surface area contributed by atoms with Gasteiger partial charge in [-0.1, -0.05) is 48.2 Å². The van der Waals surface area contributed by atoms with E-state index in [1.54, 1.807) is 23.1 Å². The molecule has 0 saturated carbocycles. The van der Waals surface area contributed by atoms with E-state index < -0.39 is 0 Å². The van der Waals surface area contributed by atoms with Gasteiger partial charge in [0.15, 0.2) is 11.0 Å². The van der Waals surface area contributed by atoms with Gasteiger partial charge >= 0.3 is 0 Å². The zero-order chi connectivity index (χ0) is 16.1. The van der Waals surface area contributed by atoms with Crippen molar-refractivity contribution in [2.24, 2.45) is 5.73 Å². The summed E-state index contributed by atoms with van der Waals surface area (Å²) in [5.74, 6) is 1.27. The van der Waals surface area contributed by atoms with Crippen LogP contribution in [0.15, 0.2) is 53.0 Å². The normalized spacial score (nSPS) is 10.8. The summed E-state index contributed by atoms with van der Waals surface area (Å²) in [6, 6.07) is 14.2. The topological polar surface area (TPSA) is 73.8 Å². The average Bonchev–Trinajstić information content (AvgIpc) is 3.21. The third-order valence-corrected chi connectivity index (χ3v) is 5.15. The van der Waals surface area contributed by atoms with Crippen LogP contribution in [-0.4, -0.2) is 20.7 Å². The van der Waals surface area contributed by atoms with E-state index in [0.717, 1.165) is 21.6 Å². The number of carbonyl (C=O) groups excluding carboxylic acids is 1. The largest absolute Gasteiger partial charge is 0.370 e. The first kappa shape index (κ1) is 15.8. The highest BCUT2D eigenvalue weighted by atomic mass is 32.2. The molecule has 7 heteroatoms. The highest BCUT2D eigenvalue weighted by Gasteiger charge is 2.15. The van der Waals surface area contributed by atoms with Crippen molar-refractivity contribution in [1.82, 2.24) is 14.8 Å². The Morgan fingerprint density at radius 2 is 2.00 bits per heavy atom. The number of thioether (sulfide) groups is 1. The lowest BCUT2D eigenvalue weighted by molar-refractivity contribution is -0.118. The monoisotopic (exact) mass is 344 g/mol. The lowest BCUT2D eigenvalue weighted by Gasteiger charge is -2.08. The lowest BCUT2D eigenvalue weighted by Crippen LogP contribution is -2.14. The van der Waals surface area contributed by atoms with E-state index in [-0.39, 0.29) is 12.3 Å². The molecule has 0 bridgehead atoms. The predicted octanol–water partition coefficient (Wildman–Crippen LogP) is 3.17. The summed E-state index contributed by atoms with van der Waals surface area (Å²) in [7, 11) is 0. The molecule has 0 atom stereocenters. The molecule has 5 nitrogen and oxygen atoms in total. The molecule has 0 aliphatic carbocycles. The molecule has 0 saturated heterocycles. The molecule has 0 spiro atoms. The fraction of sp³-hybridized carbons (Fsp3) is 0.188. The third kappa shape index (κ3) is 4.00. The van der Waals surface area contributed by atoms with E-state index in [1.165, 1.54) is 5.56 Å². The van der Waals surface area contributed by atoms with Crippen LogP contribution in [0.2, 0.25) is 0 Å². The highest BCUT2D eigenvalue weighted by molar-refractivity contribution is 7.98. The molecule has 2 N–H and O–H groups in total. The second-order valence-corrected chi connectivity index (χ2v) is 6.82. The molecule has 0 fully saturated rings. The van der Waals surface area contributed by atoms with Crippen LogP contribution < -0.4 is 5.73 Å². The first-order chi connectivity index (χ1) is 11.2. The second-order valence-electron chi connectivity index (χ2n) is 4.93. The number of aromatic nitrogens is 3. The van der Waals surface area contributed by atoms with E-state index >= 15 is 0 Å². The smallest absolute Gasteiger partial charge is 0.219 e. The van der Waals surface area contributed by atoms with Crippen molar-refractivity contribution in [3.8, 4) is 10.7 Å². The van der Waals surface area contributed by atoms with Gasteiger partial charge in [-0.3, -0.25) is 4.79 Å². The van der Waals surface area contributed by atoms with Crippen molar-refractivity contribution in [2.45, 2.75) is 23.9 Å². The lowest BCUT2D eigenvalue weighted by atomic mass is 10.2. The number of nitrogens with two attached hydrogens (primary N) is 1. The maximum atomic E-state index is 11.1. The van der Waals surface area contributed by atoms with Crippen molar-refractivity contribution in [1.29, 1.82) is 0 Å². The Bertz CT molecular complexity index is 769. The summed E-state index contributed by atoms with van der Waals surface area (Å²) in [6.45, 7) is 0.493. The quantitative estimate of drug-likeness (QED) is 0.668. The zero-order valence-electron chi connectivity index (χ0n) is 12.4. The Hall–Kier alpha value is -2.12. The van der Waals surface area contributed by atoms with Gasteiger partial charge in [0.05, 0.1) is 4.88 Å². The predicted molar refractivity (Wildman–Crippen MR) is 93.1 cm³/mol. The van der Waals surface area contributed by atoms with Crippen LogP contribution in [0.3, 0.4) is 0 Å². The molecule has 0 aliphatic rings. The average molecular weight is 344 g/mol. The molecule has 0 unspecified atom stereocenters. The zero-order valence-corrected chi connectivity index (χ0v) is 14.0. The summed E-state index contributed by atoms with van der Waals surface area (Å²) in [4.78, 5) is 12.2. The minimum absolute atomic E-state index is 0.273. The van der Waals surface area contributed by atoms with Gasteiger partial charge in [0, 0.05) is 18.7 Å². The van der Waals surface area contributed by atoms with Gasteiger partial charge in [-0.05, 0) is 17.0 Å². The van der Waals surface area contributed by atoms with Crippen molar-refractivity contribution in [3.05, 3.63) is 53.4 Å². The van der Waals surface area contributed by atoms with E-state index in [2.05, 4.69) is 22.3 Å². The van der Waals surface area contributed by atoms with Crippen LogP contribution in [0, 0.1) is 0 Å². The SMILES string of the molecule is NC(=O)CCn1c(SCc2ccccc2)nnc1-c1cccs1. The minimum atomic E-state index is -0.324. The summed E-state index contributed by atoms with van der Waals surface area (Å²) in [5, 5.41) is 11.4. The number of hydrogen-bond donors (Lipinski definition) is 1. The van der Waals surface area contributed by atoms with Crippen LogP contribution in [0.1, 0.15) is 12.0 Å². The van der Waals surface area contributed by atoms with E-state index in [9.17, 15) is 4.79 Å². The second kappa shape index (κ2) is 7.43. The van der Waals surface area contributed by atoms with Gasteiger partial charge < -0.3 is 10.3 Å². The number of thiophene rings is 1. The third-order valence-electron chi connectivity index (χ3n) is 3.25. The fourth-order valence-corrected chi connectivity index (χ4v) is 3.77. The van der Waals surface area contributed by atoms with Crippen molar-refractivity contribution in [3.63, 3.8) is 0 Å².